The molecule has 2 aromatic rings. The molecule has 1 saturated heterocycles. The second-order valence-electron chi connectivity index (χ2n) is 8.87. The van der Waals surface area contributed by atoms with Gasteiger partial charge in [-0.3, -0.25) is 4.79 Å². The Morgan fingerprint density at radius 1 is 1.22 bits per heavy atom. The molecular weight excluding hydrogens is 516 g/mol. The van der Waals surface area contributed by atoms with Gasteiger partial charge in [-0.15, -0.1) is 0 Å². The topological polar surface area (TPSA) is 89.5 Å². The van der Waals surface area contributed by atoms with E-state index >= 15 is 0 Å². The molecule has 1 amide bonds. The quantitative estimate of drug-likeness (QED) is 0.517. The lowest BCUT2D eigenvalue weighted by molar-refractivity contribution is -0.189. The van der Waals surface area contributed by atoms with Gasteiger partial charge in [0.25, 0.3) is 5.91 Å². The van der Waals surface area contributed by atoms with Gasteiger partial charge in [0.1, 0.15) is 17.3 Å². The zero-order chi connectivity index (χ0) is 26.7. The van der Waals surface area contributed by atoms with Crippen LogP contribution in [0.25, 0.3) is 0 Å². The van der Waals surface area contributed by atoms with Crippen molar-refractivity contribution >= 4 is 15.7 Å². The molecular formula is C22H21F6N3O4S. The van der Waals surface area contributed by atoms with E-state index in [2.05, 4.69) is 9.97 Å². The van der Waals surface area contributed by atoms with Gasteiger partial charge in [-0.2, -0.15) is 26.3 Å². The van der Waals surface area contributed by atoms with E-state index in [0.717, 1.165) is 37.4 Å². The first-order valence-electron chi connectivity index (χ1n) is 10.9. The van der Waals surface area contributed by atoms with Crippen LogP contribution in [-0.2, 0) is 21.4 Å². The number of hydrogen-bond acceptors (Lipinski definition) is 6. The number of halogens is 6. The number of sulfone groups is 1. The SMILES string of the molecule is CCS(=O)(=O)c1ccc(OC(C)C(F)(F)F)c(C(=O)N2CC3CC3(c3nccc(C(F)(F)F)n3)C2)c1. The van der Waals surface area contributed by atoms with Gasteiger partial charge in [0.2, 0.25) is 0 Å². The predicted octanol–water partition coefficient (Wildman–Crippen LogP) is 4.03. The molecule has 2 heterocycles. The van der Waals surface area contributed by atoms with E-state index in [1.54, 1.807) is 0 Å². The highest BCUT2D eigenvalue weighted by Gasteiger charge is 2.64. The Morgan fingerprint density at radius 3 is 2.53 bits per heavy atom. The zero-order valence-corrected chi connectivity index (χ0v) is 19.8. The first kappa shape index (κ1) is 26.2. The van der Waals surface area contributed by atoms with Gasteiger partial charge < -0.3 is 9.64 Å². The molecule has 7 nitrogen and oxygen atoms in total. The molecule has 14 heteroatoms. The van der Waals surface area contributed by atoms with Gasteiger partial charge in [-0.05, 0) is 43.5 Å². The molecule has 1 aromatic heterocycles. The Balaban J connectivity index is 1.66. The number of likely N-dealkylation sites (tertiary alicyclic amines) is 1. The van der Waals surface area contributed by atoms with Crippen LogP contribution < -0.4 is 4.74 Å². The third-order valence-electron chi connectivity index (χ3n) is 6.51. The molecule has 0 bridgehead atoms. The van der Waals surface area contributed by atoms with Crippen LogP contribution in [0.4, 0.5) is 26.3 Å². The number of alkyl halides is 6. The average Bonchev–Trinajstić information content (AvgIpc) is 3.38. The number of aromatic nitrogens is 2. The van der Waals surface area contributed by atoms with E-state index in [1.165, 1.54) is 11.8 Å². The van der Waals surface area contributed by atoms with E-state index < -0.39 is 51.1 Å². The van der Waals surface area contributed by atoms with Crippen LogP contribution in [0.5, 0.6) is 5.75 Å². The molecule has 1 aromatic carbocycles. The number of nitrogens with zero attached hydrogens (tertiary/aromatic N) is 3. The molecule has 2 aliphatic rings. The van der Waals surface area contributed by atoms with Crippen LogP contribution in [0.3, 0.4) is 0 Å². The maximum Gasteiger partial charge on any atom is 0.433 e. The lowest BCUT2D eigenvalue weighted by atomic mass is 10.1. The van der Waals surface area contributed by atoms with E-state index in [0.29, 0.717) is 6.42 Å². The van der Waals surface area contributed by atoms with Crippen LogP contribution >= 0.6 is 0 Å². The lowest BCUT2D eigenvalue weighted by Gasteiger charge is -2.24. The molecule has 0 N–H and O–H groups in total. The smallest absolute Gasteiger partial charge is 0.433 e. The van der Waals surface area contributed by atoms with E-state index in [9.17, 15) is 39.6 Å². The minimum Gasteiger partial charge on any atom is -0.480 e. The molecule has 3 unspecified atom stereocenters. The first-order chi connectivity index (χ1) is 16.6. The monoisotopic (exact) mass is 537 g/mol. The van der Waals surface area contributed by atoms with E-state index in [1.807, 2.05) is 0 Å². The second kappa shape index (κ2) is 8.60. The summed E-state index contributed by atoms with van der Waals surface area (Å²) >= 11 is 0. The lowest BCUT2D eigenvalue weighted by Crippen LogP contribution is -2.35. The maximum absolute atomic E-state index is 13.4. The van der Waals surface area contributed by atoms with Crippen molar-refractivity contribution in [2.75, 3.05) is 18.8 Å². The number of piperidine rings is 1. The van der Waals surface area contributed by atoms with Crippen molar-refractivity contribution in [3.8, 4) is 5.75 Å². The summed E-state index contributed by atoms with van der Waals surface area (Å²) in [4.78, 5) is 22.0. The molecule has 196 valence electrons. The Hall–Kier alpha value is -2.90. The molecule has 2 fully saturated rings. The third-order valence-corrected chi connectivity index (χ3v) is 8.24. The highest BCUT2D eigenvalue weighted by atomic mass is 32.2. The number of ether oxygens (including phenoxy) is 1. The molecule has 1 aliphatic heterocycles. The highest BCUT2D eigenvalue weighted by Crippen LogP contribution is 2.58. The summed E-state index contributed by atoms with van der Waals surface area (Å²) < 4.78 is 108. The third kappa shape index (κ3) is 4.74. The Kier molecular flexibility index (Phi) is 6.25. The van der Waals surface area contributed by atoms with Crippen LogP contribution in [0.2, 0.25) is 0 Å². The van der Waals surface area contributed by atoms with Crippen LogP contribution in [0.1, 0.15) is 42.1 Å². The summed E-state index contributed by atoms with van der Waals surface area (Å²) in [5.74, 6) is -1.87. The van der Waals surface area contributed by atoms with Crippen LogP contribution in [0, 0.1) is 5.92 Å². The number of carbonyl (C=O) groups is 1. The van der Waals surface area contributed by atoms with Crippen molar-refractivity contribution in [1.29, 1.82) is 0 Å². The van der Waals surface area contributed by atoms with Crippen molar-refractivity contribution in [2.45, 2.75) is 49.0 Å². The van der Waals surface area contributed by atoms with Gasteiger partial charge in [0.05, 0.1) is 21.6 Å². The highest BCUT2D eigenvalue weighted by molar-refractivity contribution is 7.91. The van der Waals surface area contributed by atoms with Crippen molar-refractivity contribution in [3.05, 3.63) is 47.5 Å². The number of benzene rings is 1. The number of carbonyl (C=O) groups excluding carboxylic acids is 1. The minimum atomic E-state index is -4.74. The fourth-order valence-electron chi connectivity index (χ4n) is 4.31. The van der Waals surface area contributed by atoms with Gasteiger partial charge in [0, 0.05) is 19.3 Å². The number of fused-ring (bicyclic) bond motifs is 1. The largest absolute Gasteiger partial charge is 0.480 e. The first-order valence-corrected chi connectivity index (χ1v) is 12.5. The molecule has 4 rings (SSSR count). The van der Waals surface area contributed by atoms with Crippen molar-refractivity contribution in [2.24, 2.45) is 5.92 Å². The molecule has 3 atom stereocenters. The van der Waals surface area contributed by atoms with Gasteiger partial charge in [-0.1, -0.05) is 6.92 Å². The fourth-order valence-corrected chi connectivity index (χ4v) is 5.21. The van der Waals surface area contributed by atoms with E-state index in [4.69, 9.17) is 4.74 Å². The van der Waals surface area contributed by atoms with Crippen molar-refractivity contribution < 1.29 is 44.3 Å². The maximum atomic E-state index is 13.4. The second-order valence-corrected chi connectivity index (χ2v) is 11.1. The summed E-state index contributed by atoms with van der Waals surface area (Å²) in [6.07, 6.45) is -10.3. The van der Waals surface area contributed by atoms with Gasteiger partial charge in [0.15, 0.2) is 15.9 Å². The van der Waals surface area contributed by atoms with Gasteiger partial charge >= 0.3 is 12.4 Å². The molecule has 0 spiro atoms. The Morgan fingerprint density at radius 2 is 1.92 bits per heavy atom. The fraction of sp³-hybridized carbons (Fsp3) is 0.500. The molecule has 1 saturated carbocycles. The summed E-state index contributed by atoms with van der Waals surface area (Å²) in [5.41, 5.74) is -2.42. The molecule has 1 aliphatic carbocycles. The van der Waals surface area contributed by atoms with Gasteiger partial charge in [-0.25, -0.2) is 18.4 Å². The minimum absolute atomic E-state index is 0.0675. The summed E-state index contributed by atoms with van der Waals surface area (Å²) in [6, 6.07) is 3.77. The normalized spacial score (nSPS) is 22.8. The summed E-state index contributed by atoms with van der Waals surface area (Å²) in [7, 11) is -3.80. The number of amides is 1. The standard InChI is InChI=1S/C22H21F6N3O4S/c1-3-36(33,34)14-4-5-16(35-12(2)21(23,24)25)15(8-14)18(32)31-10-13-9-20(13,11-31)19-29-7-6-17(30-19)22(26,27)28/h4-8,12-13H,3,9-11H2,1-2H3. The zero-order valence-electron chi connectivity index (χ0n) is 19.0. The van der Waals surface area contributed by atoms with Crippen molar-refractivity contribution in [1.82, 2.24) is 14.9 Å². The van der Waals surface area contributed by atoms with Crippen LogP contribution in [0.15, 0.2) is 35.4 Å². The van der Waals surface area contributed by atoms with Crippen LogP contribution in [-0.4, -0.2) is 60.3 Å². The molecule has 0 radical (unpaired) electrons. The van der Waals surface area contributed by atoms with E-state index in [-0.39, 0.29) is 41.0 Å². The predicted molar refractivity (Wildman–Crippen MR) is 113 cm³/mol. The molecule has 36 heavy (non-hydrogen) atoms. The summed E-state index contributed by atoms with van der Waals surface area (Å²) in [6.45, 7) is 2.14. The number of rotatable bonds is 6. The Bertz CT molecular complexity index is 1300. The van der Waals surface area contributed by atoms with Crippen molar-refractivity contribution in [3.63, 3.8) is 0 Å². The summed E-state index contributed by atoms with van der Waals surface area (Å²) in [5, 5.41) is 0. The number of hydrogen-bond donors (Lipinski definition) is 0. The average molecular weight is 537 g/mol. The Labute approximate surface area is 202 Å².